The summed E-state index contributed by atoms with van der Waals surface area (Å²) in [6.45, 7) is 5.55. The van der Waals surface area contributed by atoms with Crippen LogP contribution in [0.3, 0.4) is 0 Å². The lowest BCUT2D eigenvalue weighted by atomic mass is 10.1. The van der Waals surface area contributed by atoms with E-state index in [1.165, 1.54) is 0 Å². The molecule has 18 heavy (non-hydrogen) atoms. The van der Waals surface area contributed by atoms with E-state index in [0.29, 0.717) is 6.42 Å². The molecule has 98 valence electrons. The third kappa shape index (κ3) is 3.01. The number of nitrogens with two attached hydrogens (primary N) is 1. The molecule has 1 aromatic carbocycles. The second-order valence-electron chi connectivity index (χ2n) is 5.06. The van der Waals surface area contributed by atoms with E-state index < -0.39 is 0 Å². The summed E-state index contributed by atoms with van der Waals surface area (Å²) in [6.07, 6.45) is 0.413. The minimum absolute atomic E-state index is 0.179. The average Bonchev–Trinajstić information content (AvgIpc) is 2.33. The number of benzene rings is 1. The highest BCUT2D eigenvalue weighted by atomic mass is 16.2. The van der Waals surface area contributed by atoms with Gasteiger partial charge in [0.1, 0.15) is 0 Å². The smallest absolute Gasteiger partial charge is 0.227 e. The van der Waals surface area contributed by atoms with Crippen molar-refractivity contribution >= 4 is 11.6 Å². The Kier molecular flexibility index (Phi) is 3.87. The first kappa shape index (κ1) is 12.9. The van der Waals surface area contributed by atoms with Crippen molar-refractivity contribution in [1.82, 2.24) is 9.80 Å². The van der Waals surface area contributed by atoms with Crippen LogP contribution in [0.4, 0.5) is 5.69 Å². The summed E-state index contributed by atoms with van der Waals surface area (Å²) < 4.78 is 0. The molecule has 0 aliphatic carbocycles. The Morgan fingerprint density at radius 1 is 1.28 bits per heavy atom. The van der Waals surface area contributed by atoms with Crippen molar-refractivity contribution in [3.05, 3.63) is 29.3 Å². The molecule has 0 radical (unpaired) electrons. The molecule has 4 nitrogen and oxygen atoms in total. The lowest BCUT2D eigenvalue weighted by Crippen LogP contribution is -2.47. The number of nitrogen functional groups attached to an aromatic ring is 1. The maximum Gasteiger partial charge on any atom is 0.227 e. The summed E-state index contributed by atoms with van der Waals surface area (Å²) in [5.41, 5.74) is 8.72. The van der Waals surface area contributed by atoms with E-state index in [9.17, 15) is 4.79 Å². The first-order valence-electron chi connectivity index (χ1n) is 6.37. The van der Waals surface area contributed by atoms with Gasteiger partial charge in [-0.15, -0.1) is 0 Å². The molecular weight excluding hydrogens is 226 g/mol. The van der Waals surface area contributed by atoms with Gasteiger partial charge in [0, 0.05) is 31.9 Å². The van der Waals surface area contributed by atoms with E-state index in [-0.39, 0.29) is 5.91 Å². The number of aryl methyl sites for hydroxylation is 1. The van der Waals surface area contributed by atoms with Gasteiger partial charge in [-0.1, -0.05) is 12.1 Å². The van der Waals surface area contributed by atoms with Crippen LogP contribution in [0.25, 0.3) is 0 Å². The number of nitrogens with zero attached hydrogens (tertiary/aromatic N) is 2. The predicted octanol–water partition coefficient (Wildman–Crippen LogP) is 0.894. The van der Waals surface area contributed by atoms with Crippen LogP contribution in [-0.4, -0.2) is 48.9 Å². The number of carbonyl (C=O) groups is 1. The van der Waals surface area contributed by atoms with Crippen LogP contribution in [0.15, 0.2) is 18.2 Å². The van der Waals surface area contributed by atoms with Crippen molar-refractivity contribution in [2.75, 3.05) is 39.0 Å². The van der Waals surface area contributed by atoms with E-state index in [1.54, 1.807) is 0 Å². The van der Waals surface area contributed by atoms with Gasteiger partial charge in [0.2, 0.25) is 5.91 Å². The van der Waals surface area contributed by atoms with Crippen molar-refractivity contribution in [2.45, 2.75) is 13.3 Å². The second-order valence-corrected chi connectivity index (χ2v) is 5.06. The number of anilines is 1. The highest BCUT2D eigenvalue weighted by Gasteiger charge is 2.19. The first-order chi connectivity index (χ1) is 8.56. The third-order valence-corrected chi connectivity index (χ3v) is 3.50. The lowest BCUT2D eigenvalue weighted by Gasteiger charge is -2.32. The molecule has 0 saturated carbocycles. The van der Waals surface area contributed by atoms with Crippen molar-refractivity contribution in [3.63, 3.8) is 0 Å². The van der Waals surface area contributed by atoms with Gasteiger partial charge in [-0.3, -0.25) is 4.79 Å². The van der Waals surface area contributed by atoms with Gasteiger partial charge >= 0.3 is 0 Å². The highest BCUT2D eigenvalue weighted by Crippen LogP contribution is 2.15. The molecule has 2 rings (SSSR count). The SMILES string of the molecule is Cc1ccc(CC(=O)N2CCN(C)CC2)c(N)c1. The normalized spacial score (nSPS) is 16.9. The van der Waals surface area contributed by atoms with Crippen molar-refractivity contribution in [3.8, 4) is 0 Å². The quantitative estimate of drug-likeness (QED) is 0.790. The summed E-state index contributed by atoms with van der Waals surface area (Å²) in [5.74, 6) is 0.179. The Labute approximate surface area is 108 Å². The van der Waals surface area contributed by atoms with Crippen LogP contribution in [0.1, 0.15) is 11.1 Å². The molecule has 4 heteroatoms. The van der Waals surface area contributed by atoms with Gasteiger partial charge in [0.25, 0.3) is 0 Å². The number of carbonyl (C=O) groups excluding carboxylic acids is 1. The van der Waals surface area contributed by atoms with Crippen LogP contribution in [0, 0.1) is 6.92 Å². The average molecular weight is 247 g/mol. The number of hydrogen-bond acceptors (Lipinski definition) is 3. The molecule has 2 N–H and O–H groups in total. The lowest BCUT2D eigenvalue weighted by molar-refractivity contribution is -0.132. The molecule has 1 aliphatic rings. The number of amides is 1. The Bertz CT molecular complexity index is 437. The molecule has 1 fully saturated rings. The molecule has 1 amide bonds. The first-order valence-corrected chi connectivity index (χ1v) is 6.37. The molecule has 0 spiro atoms. The minimum atomic E-state index is 0.179. The topological polar surface area (TPSA) is 49.6 Å². The summed E-state index contributed by atoms with van der Waals surface area (Å²) in [4.78, 5) is 16.3. The van der Waals surface area contributed by atoms with Gasteiger partial charge < -0.3 is 15.5 Å². The third-order valence-electron chi connectivity index (χ3n) is 3.50. The Morgan fingerprint density at radius 2 is 1.94 bits per heavy atom. The maximum atomic E-state index is 12.2. The molecule has 0 aromatic heterocycles. The fourth-order valence-corrected chi connectivity index (χ4v) is 2.21. The molecule has 0 bridgehead atoms. The molecule has 0 atom stereocenters. The van der Waals surface area contributed by atoms with Gasteiger partial charge in [-0.25, -0.2) is 0 Å². The summed E-state index contributed by atoms with van der Waals surface area (Å²) in [6, 6.07) is 5.88. The summed E-state index contributed by atoms with van der Waals surface area (Å²) in [5, 5.41) is 0. The fourth-order valence-electron chi connectivity index (χ4n) is 2.21. The monoisotopic (exact) mass is 247 g/mol. The Morgan fingerprint density at radius 3 is 2.56 bits per heavy atom. The van der Waals surface area contributed by atoms with Crippen LogP contribution < -0.4 is 5.73 Å². The molecule has 1 aromatic rings. The zero-order valence-electron chi connectivity index (χ0n) is 11.1. The van der Waals surface area contributed by atoms with E-state index in [2.05, 4.69) is 11.9 Å². The largest absolute Gasteiger partial charge is 0.398 e. The van der Waals surface area contributed by atoms with Gasteiger partial charge in [0.05, 0.1) is 6.42 Å². The summed E-state index contributed by atoms with van der Waals surface area (Å²) >= 11 is 0. The molecule has 1 aliphatic heterocycles. The van der Waals surface area contributed by atoms with Crippen LogP contribution in [-0.2, 0) is 11.2 Å². The standard InChI is InChI=1S/C14H21N3O/c1-11-3-4-12(13(15)9-11)10-14(18)17-7-5-16(2)6-8-17/h3-4,9H,5-8,10,15H2,1-2H3. The fraction of sp³-hybridized carbons (Fsp3) is 0.500. The van der Waals surface area contributed by atoms with Crippen LogP contribution in [0.5, 0.6) is 0 Å². The van der Waals surface area contributed by atoms with E-state index in [0.717, 1.165) is 43.0 Å². The second kappa shape index (κ2) is 5.40. The molecule has 1 heterocycles. The van der Waals surface area contributed by atoms with Crippen molar-refractivity contribution < 1.29 is 4.79 Å². The summed E-state index contributed by atoms with van der Waals surface area (Å²) in [7, 11) is 2.08. The van der Waals surface area contributed by atoms with E-state index in [1.807, 2.05) is 30.0 Å². The zero-order chi connectivity index (χ0) is 13.1. The molecule has 0 unspecified atom stereocenters. The number of piperazine rings is 1. The number of hydrogen-bond donors (Lipinski definition) is 1. The van der Waals surface area contributed by atoms with Crippen LogP contribution >= 0.6 is 0 Å². The van der Waals surface area contributed by atoms with Crippen molar-refractivity contribution in [2.24, 2.45) is 0 Å². The van der Waals surface area contributed by atoms with Gasteiger partial charge in [-0.05, 0) is 31.2 Å². The predicted molar refractivity (Wildman–Crippen MR) is 73.4 cm³/mol. The van der Waals surface area contributed by atoms with Gasteiger partial charge in [-0.2, -0.15) is 0 Å². The number of rotatable bonds is 2. The molecule has 1 saturated heterocycles. The van der Waals surface area contributed by atoms with E-state index in [4.69, 9.17) is 5.73 Å². The minimum Gasteiger partial charge on any atom is -0.398 e. The van der Waals surface area contributed by atoms with Gasteiger partial charge in [0.15, 0.2) is 0 Å². The van der Waals surface area contributed by atoms with Crippen molar-refractivity contribution in [1.29, 1.82) is 0 Å². The van der Waals surface area contributed by atoms with E-state index >= 15 is 0 Å². The number of likely N-dealkylation sites (N-methyl/N-ethyl adjacent to an activating group) is 1. The highest BCUT2D eigenvalue weighted by molar-refractivity contribution is 5.80. The molecular formula is C14H21N3O. The van der Waals surface area contributed by atoms with Crippen LogP contribution in [0.2, 0.25) is 0 Å². The Hall–Kier alpha value is -1.55. The Balaban J connectivity index is 1.98. The zero-order valence-corrected chi connectivity index (χ0v) is 11.1. The maximum absolute atomic E-state index is 12.2.